The number of carbonyl (C=O) groups excluding carboxylic acids is 1. The van der Waals surface area contributed by atoms with E-state index in [0.717, 1.165) is 23.3 Å². The molecule has 0 heterocycles. The van der Waals surface area contributed by atoms with Gasteiger partial charge >= 0.3 is 0 Å². The molecule has 168 valence electrons. The predicted molar refractivity (Wildman–Crippen MR) is 128 cm³/mol. The van der Waals surface area contributed by atoms with Gasteiger partial charge in [-0.1, -0.05) is 26.0 Å². The van der Waals surface area contributed by atoms with Crippen molar-refractivity contribution in [3.63, 3.8) is 0 Å². The van der Waals surface area contributed by atoms with Crippen LogP contribution in [0.1, 0.15) is 37.8 Å². The number of amides is 1. The number of nitrogens with one attached hydrogen (secondary N) is 2. The number of hydrogen-bond donors (Lipinski definition) is 2. The summed E-state index contributed by atoms with van der Waals surface area (Å²) in [4.78, 5) is 12.8. The number of anilines is 1. The Morgan fingerprint density at radius 1 is 1.03 bits per heavy atom. The van der Waals surface area contributed by atoms with Gasteiger partial charge in [0, 0.05) is 11.5 Å². The van der Waals surface area contributed by atoms with Crippen molar-refractivity contribution in [2.45, 2.75) is 40.5 Å². The van der Waals surface area contributed by atoms with E-state index in [4.69, 9.17) is 26.4 Å². The van der Waals surface area contributed by atoms with Gasteiger partial charge in [-0.15, -0.1) is 0 Å². The lowest BCUT2D eigenvalue weighted by molar-refractivity contribution is -0.128. The van der Waals surface area contributed by atoms with Gasteiger partial charge in [0.25, 0.3) is 0 Å². The average molecular weight is 445 g/mol. The molecule has 0 fully saturated rings. The summed E-state index contributed by atoms with van der Waals surface area (Å²) in [6.45, 7) is 8.41. The Morgan fingerprint density at radius 3 is 2.45 bits per heavy atom. The summed E-state index contributed by atoms with van der Waals surface area (Å²) in [5.41, 5.74) is 2.28. The summed E-state index contributed by atoms with van der Waals surface area (Å²) >= 11 is 5.33. The highest BCUT2D eigenvalue weighted by atomic mass is 32.1. The van der Waals surface area contributed by atoms with Crippen LogP contribution < -0.4 is 24.8 Å². The lowest BCUT2D eigenvalue weighted by Gasteiger charge is -2.24. The molecule has 1 amide bonds. The van der Waals surface area contributed by atoms with Crippen molar-refractivity contribution in [2.24, 2.45) is 5.41 Å². The summed E-state index contributed by atoms with van der Waals surface area (Å²) in [5.74, 6) is 1.99. The van der Waals surface area contributed by atoms with Gasteiger partial charge in [0.2, 0.25) is 5.91 Å². The SMILES string of the molecule is COc1ccc(OC)c(NC(=S)NC(=O)C(C)(C)CCCOc2cc(C)ccc2C)c1. The van der Waals surface area contributed by atoms with Crippen molar-refractivity contribution in [1.29, 1.82) is 0 Å². The molecule has 2 aromatic carbocycles. The lowest BCUT2D eigenvalue weighted by atomic mass is 9.87. The van der Waals surface area contributed by atoms with Crippen LogP contribution >= 0.6 is 12.2 Å². The first-order chi connectivity index (χ1) is 14.7. The van der Waals surface area contributed by atoms with Crippen molar-refractivity contribution in [2.75, 3.05) is 26.1 Å². The normalized spacial score (nSPS) is 10.9. The molecule has 2 aromatic rings. The zero-order valence-corrected chi connectivity index (χ0v) is 19.9. The Balaban J connectivity index is 1.87. The fourth-order valence-corrected chi connectivity index (χ4v) is 3.21. The maximum Gasteiger partial charge on any atom is 0.231 e. The number of rotatable bonds is 9. The Labute approximate surface area is 190 Å². The second kappa shape index (κ2) is 11.0. The van der Waals surface area contributed by atoms with Gasteiger partial charge < -0.3 is 24.8 Å². The van der Waals surface area contributed by atoms with E-state index in [1.165, 1.54) is 0 Å². The van der Waals surface area contributed by atoms with E-state index in [1.54, 1.807) is 32.4 Å². The maximum absolute atomic E-state index is 12.8. The van der Waals surface area contributed by atoms with Gasteiger partial charge in [0.05, 0.1) is 26.5 Å². The van der Waals surface area contributed by atoms with Crippen LogP contribution in [0.25, 0.3) is 0 Å². The fourth-order valence-electron chi connectivity index (χ4n) is 3.01. The molecule has 0 aliphatic carbocycles. The number of thiocarbonyl (C=S) groups is 1. The molecule has 0 spiro atoms. The summed E-state index contributed by atoms with van der Waals surface area (Å²) in [6, 6.07) is 11.5. The maximum atomic E-state index is 12.8. The highest BCUT2D eigenvalue weighted by molar-refractivity contribution is 7.80. The Hall–Kier alpha value is -2.80. The number of aryl methyl sites for hydroxylation is 2. The van der Waals surface area contributed by atoms with Gasteiger partial charge in [0.15, 0.2) is 5.11 Å². The topological polar surface area (TPSA) is 68.8 Å². The van der Waals surface area contributed by atoms with Crippen LogP contribution in [0.5, 0.6) is 17.2 Å². The largest absolute Gasteiger partial charge is 0.497 e. The highest BCUT2D eigenvalue weighted by Gasteiger charge is 2.28. The van der Waals surface area contributed by atoms with E-state index in [9.17, 15) is 4.79 Å². The molecule has 0 saturated heterocycles. The minimum absolute atomic E-state index is 0.154. The fraction of sp³-hybridized carbons (Fsp3) is 0.417. The van der Waals surface area contributed by atoms with Crippen LogP contribution in [0.2, 0.25) is 0 Å². The number of ether oxygens (including phenoxy) is 3. The zero-order chi connectivity index (χ0) is 23.0. The quantitative estimate of drug-likeness (QED) is 0.418. The van der Waals surface area contributed by atoms with Crippen LogP contribution in [-0.4, -0.2) is 31.8 Å². The molecule has 0 aromatic heterocycles. The van der Waals surface area contributed by atoms with E-state index in [1.807, 2.05) is 39.8 Å². The molecule has 0 bridgehead atoms. The molecule has 0 aliphatic rings. The van der Waals surface area contributed by atoms with Crippen molar-refractivity contribution in [3.8, 4) is 17.2 Å². The summed E-state index contributed by atoms with van der Waals surface area (Å²) < 4.78 is 16.5. The van der Waals surface area contributed by atoms with Gasteiger partial charge in [-0.2, -0.15) is 0 Å². The molecule has 2 rings (SSSR count). The van der Waals surface area contributed by atoms with Crippen LogP contribution in [0.3, 0.4) is 0 Å². The van der Waals surface area contributed by atoms with E-state index < -0.39 is 5.41 Å². The minimum Gasteiger partial charge on any atom is -0.497 e. The van der Waals surface area contributed by atoms with Crippen molar-refractivity contribution < 1.29 is 19.0 Å². The van der Waals surface area contributed by atoms with E-state index in [-0.39, 0.29) is 11.0 Å². The van der Waals surface area contributed by atoms with Gasteiger partial charge in [-0.3, -0.25) is 4.79 Å². The first-order valence-corrected chi connectivity index (χ1v) is 10.6. The van der Waals surface area contributed by atoms with Crippen LogP contribution in [0, 0.1) is 19.3 Å². The molecule has 0 saturated carbocycles. The number of methoxy groups -OCH3 is 2. The average Bonchev–Trinajstić information content (AvgIpc) is 2.73. The van der Waals surface area contributed by atoms with E-state index >= 15 is 0 Å². The van der Waals surface area contributed by atoms with Crippen LogP contribution in [0.4, 0.5) is 5.69 Å². The van der Waals surface area contributed by atoms with Gasteiger partial charge in [-0.05, 0) is 68.2 Å². The second-order valence-electron chi connectivity index (χ2n) is 8.08. The molecule has 31 heavy (non-hydrogen) atoms. The van der Waals surface area contributed by atoms with Crippen molar-refractivity contribution in [3.05, 3.63) is 47.5 Å². The minimum atomic E-state index is -0.602. The number of hydrogen-bond acceptors (Lipinski definition) is 5. The van der Waals surface area contributed by atoms with Gasteiger partial charge in [-0.25, -0.2) is 0 Å². The molecule has 0 atom stereocenters. The first kappa shape index (κ1) is 24.5. The predicted octanol–water partition coefficient (Wildman–Crippen LogP) is 5.02. The third-order valence-corrected chi connectivity index (χ3v) is 5.25. The Kier molecular flexibility index (Phi) is 8.68. The van der Waals surface area contributed by atoms with Gasteiger partial charge in [0.1, 0.15) is 17.2 Å². The first-order valence-electron chi connectivity index (χ1n) is 10.2. The molecule has 7 heteroatoms. The lowest BCUT2D eigenvalue weighted by Crippen LogP contribution is -2.42. The van der Waals surface area contributed by atoms with Crippen molar-refractivity contribution >= 4 is 28.9 Å². The van der Waals surface area contributed by atoms with E-state index in [2.05, 4.69) is 16.7 Å². The molecule has 2 N–H and O–H groups in total. The third-order valence-electron chi connectivity index (χ3n) is 5.04. The third kappa shape index (κ3) is 7.14. The standard InChI is InChI=1S/C24H32N2O4S/c1-16-8-9-17(2)21(14-16)30-13-7-12-24(3,4)22(27)26-23(31)25-19-15-18(28-5)10-11-20(19)29-6/h8-11,14-15H,7,12-13H2,1-6H3,(H2,25,26,27,31). The highest BCUT2D eigenvalue weighted by Crippen LogP contribution is 2.29. The Bertz CT molecular complexity index is 928. The number of benzene rings is 2. The molecule has 0 radical (unpaired) electrons. The summed E-state index contributed by atoms with van der Waals surface area (Å²) in [6.07, 6.45) is 1.41. The smallest absolute Gasteiger partial charge is 0.231 e. The molecule has 0 aliphatic heterocycles. The molecular formula is C24H32N2O4S. The monoisotopic (exact) mass is 444 g/mol. The Morgan fingerprint density at radius 2 is 1.77 bits per heavy atom. The van der Waals surface area contributed by atoms with Crippen LogP contribution in [-0.2, 0) is 4.79 Å². The van der Waals surface area contributed by atoms with Crippen LogP contribution in [0.15, 0.2) is 36.4 Å². The summed E-state index contributed by atoms with van der Waals surface area (Å²) in [5, 5.41) is 5.99. The second-order valence-corrected chi connectivity index (χ2v) is 8.49. The number of carbonyl (C=O) groups is 1. The molecule has 6 nitrogen and oxygen atoms in total. The zero-order valence-electron chi connectivity index (χ0n) is 19.1. The molecular weight excluding hydrogens is 412 g/mol. The van der Waals surface area contributed by atoms with Crippen molar-refractivity contribution in [1.82, 2.24) is 5.32 Å². The molecule has 0 unspecified atom stereocenters. The summed E-state index contributed by atoms with van der Waals surface area (Å²) in [7, 11) is 3.15. The van der Waals surface area contributed by atoms with E-state index in [0.29, 0.717) is 30.2 Å².